The van der Waals surface area contributed by atoms with Gasteiger partial charge in [0, 0.05) is 13.1 Å². The topological polar surface area (TPSA) is 75.7 Å². The van der Waals surface area contributed by atoms with Gasteiger partial charge in [-0.2, -0.15) is 0 Å². The number of ether oxygens (including phenoxy) is 1. The Morgan fingerprint density at radius 1 is 1.40 bits per heavy atom. The van der Waals surface area contributed by atoms with Gasteiger partial charge >= 0.3 is 6.09 Å². The highest BCUT2D eigenvalue weighted by molar-refractivity contribution is 6.04. The van der Waals surface area contributed by atoms with Gasteiger partial charge in [-0.3, -0.25) is 14.9 Å². The van der Waals surface area contributed by atoms with E-state index in [-0.39, 0.29) is 12.5 Å². The molecule has 1 fully saturated rings. The Bertz CT molecular complexity index is 478. The molecule has 0 saturated carbocycles. The van der Waals surface area contributed by atoms with Crippen LogP contribution in [-0.4, -0.2) is 41.5 Å². The van der Waals surface area contributed by atoms with Crippen molar-refractivity contribution in [3.05, 3.63) is 12.2 Å². The summed E-state index contributed by atoms with van der Waals surface area (Å²) < 4.78 is 5.31. The Morgan fingerprint density at radius 2 is 2.10 bits per heavy atom. The molecule has 0 aromatic rings. The van der Waals surface area contributed by atoms with Crippen LogP contribution in [0.25, 0.3) is 0 Å². The van der Waals surface area contributed by atoms with E-state index >= 15 is 0 Å². The molecule has 2 aliphatic rings. The number of carbonyl (C=O) groups is 3. The first-order valence-electron chi connectivity index (χ1n) is 6.72. The number of nitrogens with zero attached hydrogens (tertiary/aromatic N) is 1. The molecule has 3 amide bonds. The molecule has 110 valence electrons. The number of hydrogen-bond acceptors (Lipinski definition) is 4. The zero-order chi connectivity index (χ0) is 15.0. The lowest BCUT2D eigenvalue weighted by atomic mass is 9.83. The third kappa shape index (κ3) is 3.00. The number of rotatable bonds is 0. The van der Waals surface area contributed by atoms with Crippen molar-refractivity contribution in [3.8, 4) is 0 Å². The van der Waals surface area contributed by atoms with E-state index in [1.165, 1.54) is 11.0 Å². The summed E-state index contributed by atoms with van der Waals surface area (Å²) in [7, 11) is 0. The fourth-order valence-corrected chi connectivity index (χ4v) is 2.48. The Morgan fingerprint density at radius 3 is 2.75 bits per heavy atom. The maximum Gasteiger partial charge on any atom is 0.410 e. The average Bonchev–Trinajstić information content (AvgIpc) is 2.66. The second kappa shape index (κ2) is 4.92. The molecule has 2 heterocycles. The lowest BCUT2D eigenvalue weighted by molar-refractivity contribution is -0.134. The molecule has 1 atom stereocenters. The first-order chi connectivity index (χ1) is 9.22. The standard InChI is InChI=1S/C14H20N2O4/c1-13(2,3)20-12(19)16-8-7-14(9-16)6-4-5-10(17)15-11(14)18/h4-5H,6-9H2,1-3H3,(H,15,17,18). The number of allylic oxidation sites excluding steroid dienone is 1. The van der Waals surface area contributed by atoms with E-state index in [4.69, 9.17) is 4.74 Å². The molecule has 1 spiro atoms. The predicted octanol–water partition coefficient (Wildman–Crippen LogP) is 1.22. The van der Waals surface area contributed by atoms with Crippen molar-refractivity contribution in [3.63, 3.8) is 0 Å². The van der Waals surface area contributed by atoms with Crippen molar-refractivity contribution in [2.75, 3.05) is 13.1 Å². The van der Waals surface area contributed by atoms with Crippen molar-refractivity contribution in [2.24, 2.45) is 5.41 Å². The van der Waals surface area contributed by atoms with Gasteiger partial charge in [-0.25, -0.2) is 4.79 Å². The van der Waals surface area contributed by atoms with Crippen LogP contribution in [0.15, 0.2) is 12.2 Å². The smallest absolute Gasteiger partial charge is 0.410 e. The quantitative estimate of drug-likeness (QED) is 0.677. The summed E-state index contributed by atoms with van der Waals surface area (Å²) in [5.74, 6) is -0.707. The summed E-state index contributed by atoms with van der Waals surface area (Å²) in [5.41, 5.74) is -1.27. The number of carbonyl (C=O) groups excluding carboxylic acids is 3. The SMILES string of the molecule is CC(C)(C)OC(=O)N1CCC2(CC=CC(=O)NC2=O)C1. The number of nitrogens with one attached hydrogen (secondary N) is 1. The molecule has 1 unspecified atom stereocenters. The van der Waals surface area contributed by atoms with Gasteiger partial charge < -0.3 is 9.64 Å². The van der Waals surface area contributed by atoms with Crippen LogP contribution in [0.3, 0.4) is 0 Å². The van der Waals surface area contributed by atoms with Crippen LogP contribution in [0.5, 0.6) is 0 Å². The minimum atomic E-state index is -0.709. The van der Waals surface area contributed by atoms with Crippen LogP contribution in [-0.2, 0) is 14.3 Å². The molecule has 0 aliphatic carbocycles. The molecule has 2 aliphatic heterocycles. The summed E-state index contributed by atoms with van der Waals surface area (Å²) in [5, 5.41) is 2.34. The second-order valence-corrected chi connectivity index (χ2v) is 6.36. The maximum atomic E-state index is 12.2. The lowest BCUT2D eigenvalue weighted by Gasteiger charge is -2.27. The number of imide groups is 1. The lowest BCUT2D eigenvalue weighted by Crippen LogP contribution is -2.44. The van der Waals surface area contributed by atoms with E-state index < -0.39 is 23.0 Å². The highest BCUT2D eigenvalue weighted by Gasteiger charge is 2.47. The van der Waals surface area contributed by atoms with Gasteiger partial charge in [0.25, 0.3) is 0 Å². The van der Waals surface area contributed by atoms with Gasteiger partial charge in [0.15, 0.2) is 0 Å². The molecule has 1 saturated heterocycles. The van der Waals surface area contributed by atoms with Gasteiger partial charge in [-0.15, -0.1) is 0 Å². The summed E-state index contributed by atoms with van der Waals surface area (Å²) >= 11 is 0. The molecule has 0 bridgehead atoms. The largest absolute Gasteiger partial charge is 0.444 e. The summed E-state index contributed by atoms with van der Waals surface area (Å²) in [4.78, 5) is 37.0. The van der Waals surface area contributed by atoms with E-state index in [2.05, 4.69) is 5.32 Å². The van der Waals surface area contributed by atoms with Crippen LogP contribution in [0, 0.1) is 5.41 Å². The second-order valence-electron chi connectivity index (χ2n) is 6.36. The Balaban J connectivity index is 2.07. The van der Waals surface area contributed by atoms with Crippen LogP contribution in [0.2, 0.25) is 0 Å². The number of hydrogen-bond donors (Lipinski definition) is 1. The van der Waals surface area contributed by atoms with Crippen LogP contribution >= 0.6 is 0 Å². The van der Waals surface area contributed by atoms with Gasteiger partial charge in [-0.05, 0) is 39.7 Å². The molecule has 6 heteroatoms. The molecular formula is C14H20N2O4. The van der Waals surface area contributed by atoms with E-state index in [0.29, 0.717) is 19.4 Å². The molecule has 0 aromatic heterocycles. The number of amides is 3. The van der Waals surface area contributed by atoms with Crippen molar-refractivity contribution >= 4 is 17.9 Å². The molecule has 1 N–H and O–H groups in total. The van der Waals surface area contributed by atoms with Gasteiger partial charge in [-0.1, -0.05) is 6.08 Å². The Labute approximate surface area is 118 Å². The Hall–Kier alpha value is -1.85. The fraction of sp³-hybridized carbons (Fsp3) is 0.643. The van der Waals surface area contributed by atoms with Gasteiger partial charge in [0.2, 0.25) is 11.8 Å². The summed E-state index contributed by atoms with van der Waals surface area (Å²) in [6.07, 6.45) is 3.64. The fourth-order valence-electron chi connectivity index (χ4n) is 2.48. The van der Waals surface area contributed by atoms with E-state index in [1.807, 2.05) is 0 Å². The van der Waals surface area contributed by atoms with Crippen molar-refractivity contribution in [1.29, 1.82) is 0 Å². The van der Waals surface area contributed by atoms with Crippen LogP contribution in [0.1, 0.15) is 33.6 Å². The molecule has 2 rings (SSSR count). The van der Waals surface area contributed by atoms with Gasteiger partial charge in [0.05, 0.1) is 5.41 Å². The minimum Gasteiger partial charge on any atom is -0.444 e. The van der Waals surface area contributed by atoms with Crippen molar-refractivity contribution in [2.45, 2.75) is 39.2 Å². The first kappa shape index (κ1) is 14.6. The normalized spacial score (nSPS) is 26.6. The van der Waals surface area contributed by atoms with E-state index in [1.54, 1.807) is 26.8 Å². The third-order valence-electron chi connectivity index (χ3n) is 3.50. The summed E-state index contributed by atoms with van der Waals surface area (Å²) in [6, 6.07) is 0. The molecular weight excluding hydrogens is 260 g/mol. The van der Waals surface area contributed by atoms with E-state index in [9.17, 15) is 14.4 Å². The minimum absolute atomic E-state index is 0.283. The molecule has 0 radical (unpaired) electrons. The van der Waals surface area contributed by atoms with Gasteiger partial charge in [0.1, 0.15) is 5.60 Å². The third-order valence-corrected chi connectivity index (χ3v) is 3.50. The van der Waals surface area contributed by atoms with E-state index in [0.717, 1.165) is 0 Å². The monoisotopic (exact) mass is 280 g/mol. The van der Waals surface area contributed by atoms with Crippen LogP contribution < -0.4 is 5.32 Å². The highest BCUT2D eigenvalue weighted by Crippen LogP contribution is 2.36. The summed E-state index contributed by atoms with van der Waals surface area (Å²) in [6.45, 7) is 6.15. The molecule has 20 heavy (non-hydrogen) atoms. The maximum absolute atomic E-state index is 12.2. The Kier molecular flexibility index (Phi) is 3.58. The highest BCUT2D eigenvalue weighted by atomic mass is 16.6. The number of likely N-dealkylation sites (tertiary alicyclic amines) is 1. The zero-order valence-electron chi connectivity index (χ0n) is 12.1. The predicted molar refractivity (Wildman–Crippen MR) is 71.8 cm³/mol. The average molecular weight is 280 g/mol. The first-order valence-corrected chi connectivity index (χ1v) is 6.72. The van der Waals surface area contributed by atoms with Crippen molar-refractivity contribution in [1.82, 2.24) is 10.2 Å². The molecule has 6 nitrogen and oxygen atoms in total. The molecule has 0 aromatic carbocycles. The van der Waals surface area contributed by atoms with Crippen LogP contribution in [0.4, 0.5) is 4.79 Å². The van der Waals surface area contributed by atoms with Crippen molar-refractivity contribution < 1.29 is 19.1 Å². The zero-order valence-corrected chi connectivity index (χ0v) is 12.1.